The second-order valence-corrected chi connectivity index (χ2v) is 6.65. The molecule has 0 aromatic carbocycles. The van der Waals surface area contributed by atoms with E-state index in [0.29, 0.717) is 12.0 Å². The molecule has 2 nitrogen and oxygen atoms in total. The zero-order valence-corrected chi connectivity index (χ0v) is 12.0. The van der Waals surface area contributed by atoms with Crippen LogP contribution in [0.2, 0.25) is 4.34 Å². The van der Waals surface area contributed by atoms with Crippen LogP contribution in [0.1, 0.15) is 37.7 Å². The third kappa shape index (κ3) is 3.68. The summed E-state index contributed by atoms with van der Waals surface area (Å²) in [5.74, 6) is 0.570. The van der Waals surface area contributed by atoms with Crippen LogP contribution in [0.3, 0.4) is 0 Å². The number of thiophene rings is 1. The highest BCUT2D eigenvalue weighted by atomic mass is 35.5. The van der Waals surface area contributed by atoms with E-state index in [1.54, 1.807) is 11.3 Å². The van der Waals surface area contributed by atoms with Crippen LogP contribution in [0.4, 0.5) is 0 Å². The molecular formula is C13H20ClNOS. The average molecular weight is 274 g/mol. The van der Waals surface area contributed by atoms with Crippen LogP contribution >= 0.6 is 22.9 Å². The molecule has 2 rings (SSSR count). The maximum atomic E-state index is 6.00. The van der Waals surface area contributed by atoms with Crippen molar-refractivity contribution < 1.29 is 4.74 Å². The van der Waals surface area contributed by atoms with Crippen LogP contribution in [-0.4, -0.2) is 19.2 Å². The van der Waals surface area contributed by atoms with Gasteiger partial charge in [-0.15, -0.1) is 11.3 Å². The lowest BCUT2D eigenvalue weighted by Gasteiger charge is -2.31. The quantitative estimate of drug-likeness (QED) is 0.899. The molecule has 17 heavy (non-hydrogen) atoms. The number of nitrogens with one attached hydrogen (secondary N) is 1. The van der Waals surface area contributed by atoms with Crippen molar-refractivity contribution in [1.82, 2.24) is 5.32 Å². The van der Waals surface area contributed by atoms with E-state index in [1.807, 2.05) is 6.07 Å². The van der Waals surface area contributed by atoms with Crippen molar-refractivity contribution in [3.63, 3.8) is 0 Å². The zero-order valence-electron chi connectivity index (χ0n) is 10.4. The van der Waals surface area contributed by atoms with Gasteiger partial charge in [-0.25, -0.2) is 0 Å². The molecule has 0 aliphatic carbocycles. The zero-order chi connectivity index (χ0) is 12.3. The molecule has 4 heteroatoms. The van der Waals surface area contributed by atoms with Gasteiger partial charge in [0.15, 0.2) is 0 Å². The van der Waals surface area contributed by atoms with Gasteiger partial charge in [-0.05, 0) is 25.0 Å². The van der Waals surface area contributed by atoms with Gasteiger partial charge in [-0.1, -0.05) is 25.4 Å². The fourth-order valence-corrected chi connectivity index (χ4v) is 3.44. The van der Waals surface area contributed by atoms with E-state index in [1.165, 1.54) is 17.7 Å². The van der Waals surface area contributed by atoms with Crippen molar-refractivity contribution in [2.24, 2.45) is 5.92 Å². The first-order valence-corrected chi connectivity index (χ1v) is 7.46. The predicted molar refractivity (Wildman–Crippen MR) is 73.9 cm³/mol. The highest BCUT2D eigenvalue weighted by Crippen LogP contribution is 2.38. The standard InChI is InChI=1S/C13H20ClNOS/c1-9(2)15-8-10-4-3-7-16-13(10)11-5-6-12(14)17-11/h5-6,9-10,13,15H,3-4,7-8H2,1-2H3. The Bertz CT molecular complexity index is 353. The molecule has 1 fully saturated rings. The molecule has 0 radical (unpaired) electrons. The number of hydrogen-bond acceptors (Lipinski definition) is 3. The molecule has 1 aromatic heterocycles. The summed E-state index contributed by atoms with van der Waals surface area (Å²) in [5, 5.41) is 3.51. The molecule has 1 aliphatic rings. The predicted octanol–water partition coefficient (Wildman–Crippen LogP) is 3.87. The summed E-state index contributed by atoms with van der Waals surface area (Å²) in [4.78, 5) is 1.27. The van der Waals surface area contributed by atoms with E-state index >= 15 is 0 Å². The van der Waals surface area contributed by atoms with Crippen LogP contribution in [0, 0.1) is 5.92 Å². The Labute approximate surface area is 112 Å². The minimum Gasteiger partial charge on any atom is -0.372 e. The van der Waals surface area contributed by atoms with Crippen LogP contribution in [-0.2, 0) is 4.74 Å². The second-order valence-electron chi connectivity index (χ2n) is 4.90. The fraction of sp³-hybridized carbons (Fsp3) is 0.692. The van der Waals surface area contributed by atoms with E-state index < -0.39 is 0 Å². The molecule has 0 amide bonds. The molecule has 1 aliphatic heterocycles. The number of ether oxygens (including phenoxy) is 1. The number of halogens is 1. The molecular weight excluding hydrogens is 254 g/mol. The molecule has 2 heterocycles. The van der Waals surface area contributed by atoms with Gasteiger partial charge in [-0.2, -0.15) is 0 Å². The normalized spacial score (nSPS) is 25.4. The fourth-order valence-electron chi connectivity index (χ4n) is 2.24. The Kier molecular flexibility index (Phi) is 4.86. The molecule has 2 unspecified atom stereocenters. The molecule has 1 saturated heterocycles. The van der Waals surface area contributed by atoms with Gasteiger partial charge < -0.3 is 10.1 Å². The van der Waals surface area contributed by atoms with E-state index in [2.05, 4.69) is 25.2 Å². The molecule has 0 bridgehead atoms. The van der Waals surface area contributed by atoms with E-state index in [-0.39, 0.29) is 6.10 Å². The third-order valence-corrected chi connectivity index (χ3v) is 4.40. The van der Waals surface area contributed by atoms with E-state index in [9.17, 15) is 0 Å². The Morgan fingerprint density at radius 3 is 3.00 bits per heavy atom. The highest BCUT2D eigenvalue weighted by Gasteiger charge is 2.28. The lowest BCUT2D eigenvalue weighted by atomic mass is 9.93. The highest BCUT2D eigenvalue weighted by molar-refractivity contribution is 7.16. The SMILES string of the molecule is CC(C)NCC1CCCOC1c1ccc(Cl)s1. The summed E-state index contributed by atoms with van der Waals surface area (Å²) in [7, 11) is 0. The van der Waals surface area contributed by atoms with Gasteiger partial charge >= 0.3 is 0 Å². The monoisotopic (exact) mass is 273 g/mol. The lowest BCUT2D eigenvalue weighted by molar-refractivity contribution is -0.0260. The summed E-state index contributed by atoms with van der Waals surface area (Å²) in [6.07, 6.45) is 2.63. The summed E-state index contributed by atoms with van der Waals surface area (Å²) < 4.78 is 6.79. The summed E-state index contributed by atoms with van der Waals surface area (Å²) >= 11 is 7.65. The third-order valence-electron chi connectivity index (χ3n) is 3.11. The summed E-state index contributed by atoms with van der Waals surface area (Å²) in [5.41, 5.74) is 0. The first-order valence-electron chi connectivity index (χ1n) is 6.27. The van der Waals surface area contributed by atoms with Crippen LogP contribution in [0.25, 0.3) is 0 Å². The van der Waals surface area contributed by atoms with Gasteiger partial charge in [0.1, 0.15) is 0 Å². The first-order chi connectivity index (χ1) is 8.16. The van der Waals surface area contributed by atoms with Crippen molar-refractivity contribution in [1.29, 1.82) is 0 Å². The van der Waals surface area contributed by atoms with Gasteiger partial charge in [0.2, 0.25) is 0 Å². The Hall–Kier alpha value is -0.0900. The molecule has 2 atom stereocenters. The van der Waals surface area contributed by atoms with Crippen molar-refractivity contribution in [2.45, 2.75) is 38.8 Å². The minimum atomic E-state index is 0.229. The average Bonchev–Trinajstić information content (AvgIpc) is 2.73. The van der Waals surface area contributed by atoms with Gasteiger partial charge in [0, 0.05) is 30.0 Å². The minimum absolute atomic E-state index is 0.229. The maximum absolute atomic E-state index is 6.00. The molecule has 96 valence electrons. The largest absolute Gasteiger partial charge is 0.372 e. The van der Waals surface area contributed by atoms with Crippen molar-refractivity contribution in [2.75, 3.05) is 13.2 Å². The summed E-state index contributed by atoms with van der Waals surface area (Å²) in [6.45, 7) is 6.26. The van der Waals surface area contributed by atoms with E-state index in [4.69, 9.17) is 16.3 Å². The van der Waals surface area contributed by atoms with Crippen LogP contribution < -0.4 is 5.32 Å². The van der Waals surface area contributed by atoms with Crippen molar-refractivity contribution in [3.05, 3.63) is 21.3 Å². The molecule has 1 N–H and O–H groups in total. The van der Waals surface area contributed by atoms with Crippen LogP contribution in [0.15, 0.2) is 12.1 Å². The lowest BCUT2D eigenvalue weighted by Crippen LogP contribution is -2.34. The first kappa shape index (κ1) is 13.3. The molecule has 0 saturated carbocycles. The molecule has 0 spiro atoms. The topological polar surface area (TPSA) is 21.3 Å². The van der Waals surface area contributed by atoms with Crippen molar-refractivity contribution in [3.8, 4) is 0 Å². The number of hydrogen-bond donors (Lipinski definition) is 1. The second kappa shape index (κ2) is 6.19. The Morgan fingerprint density at radius 1 is 1.53 bits per heavy atom. The van der Waals surface area contributed by atoms with Gasteiger partial charge in [0.25, 0.3) is 0 Å². The smallest absolute Gasteiger partial charge is 0.0957 e. The van der Waals surface area contributed by atoms with Gasteiger partial charge in [-0.3, -0.25) is 0 Å². The number of rotatable bonds is 4. The Balaban J connectivity index is 2.01. The van der Waals surface area contributed by atoms with Gasteiger partial charge in [0.05, 0.1) is 10.4 Å². The van der Waals surface area contributed by atoms with Crippen LogP contribution in [0.5, 0.6) is 0 Å². The maximum Gasteiger partial charge on any atom is 0.0957 e. The van der Waals surface area contributed by atoms with Crippen molar-refractivity contribution >= 4 is 22.9 Å². The summed E-state index contributed by atoms with van der Waals surface area (Å²) in [6, 6.07) is 4.60. The van der Waals surface area contributed by atoms with E-state index in [0.717, 1.165) is 17.5 Å². The Morgan fingerprint density at radius 2 is 2.35 bits per heavy atom. The molecule has 1 aromatic rings.